The molecule has 3 rings (SSSR count). The Morgan fingerprint density at radius 1 is 1.35 bits per heavy atom. The van der Waals surface area contributed by atoms with Crippen molar-refractivity contribution in [3.63, 3.8) is 0 Å². The fourth-order valence-corrected chi connectivity index (χ4v) is 3.96. The lowest BCUT2D eigenvalue weighted by Crippen LogP contribution is -2.31. The van der Waals surface area contributed by atoms with Gasteiger partial charge < -0.3 is 10.5 Å². The third kappa shape index (κ3) is 3.35. The number of para-hydroxylation sites is 2. The summed E-state index contributed by atoms with van der Waals surface area (Å²) in [6, 6.07) is 7.19. The number of methoxy groups -OCH3 is 1. The number of rotatable bonds is 4. The van der Waals surface area contributed by atoms with Crippen LogP contribution in [0.3, 0.4) is 0 Å². The van der Waals surface area contributed by atoms with Crippen LogP contribution in [0.2, 0.25) is 0 Å². The van der Waals surface area contributed by atoms with Crippen LogP contribution < -0.4 is 10.5 Å². The van der Waals surface area contributed by atoms with Crippen LogP contribution in [-0.2, 0) is 10.0 Å². The van der Waals surface area contributed by atoms with Gasteiger partial charge in [0.25, 0.3) is 0 Å². The Labute approximate surface area is 141 Å². The minimum absolute atomic E-state index is 0. The van der Waals surface area contributed by atoms with Gasteiger partial charge in [0.15, 0.2) is 0 Å². The molecule has 1 aliphatic heterocycles. The Morgan fingerprint density at radius 3 is 2.74 bits per heavy atom. The van der Waals surface area contributed by atoms with Gasteiger partial charge in [-0.2, -0.15) is 9.40 Å². The summed E-state index contributed by atoms with van der Waals surface area (Å²) in [4.78, 5) is 0.160. The highest BCUT2D eigenvalue weighted by atomic mass is 35.5. The van der Waals surface area contributed by atoms with E-state index in [1.54, 1.807) is 13.2 Å². The average Bonchev–Trinajstić information content (AvgIpc) is 3.16. The average molecular weight is 359 g/mol. The third-order valence-corrected chi connectivity index (χ3v) is 5.53. The standard InChI is InChI=1S/C14H18N4O3S.ClH/c1-21-14-5-3-2-4-13(14)18-10-12(8-16-18)22(19,20)17-7-6-11(15)9-17;/h2-5,8,10-11H,6-7,9,15H2,1H3;1H/t11-;/m1./s1. The van der Waals surface area contributed by atoms with E-state index < -0.39 is 10.0 Å². The zero-order valence-corrected chi connectivity index (χ0v) is 14.3. The first-order valence-electron chi connectivity index (χ1n) is 6.96. The zero-order chi connectivity index (χ0) is 15.7. The number of halogens is 1. The van der Waals surface area contributed by atoms with Crippen LogP contribution in [0.1, 0.15) is 6.42 Å². The van der Waals surface area contributed by atoms with E-state index in [9.17, 15) is 8.42 Å². The highest BCUT2D eigenvalue weighted by Crippen LogP contribution is 2.24. The van der Waals surface area contributed by atoms with Gasteiger partial charge in [-0.1, -0.05) is 12.1 Å². The van der Waals surface area contributed by atoms with Crippen molar-refractivity contribution in [2.45, 2.75) is 17.4 Å². The molecular formula is C14H19ClN4O3S. The van der Waals surface area contributed by atoms with Gasteiger partial charge in [0.1, 0.15) is 16.3 Å². The van der Waals surface area contributed by atoms with Crippen LogP contribution in [0.4, 0.5) is 0 Å². The molecule has 126 valence electrons. The van der Waals surface area contributed by atoms with Gasteiger partial charge in [0, 0.05) is 19.1 Å². The quantitative estimate of drug-likeness (QED) is 0.881. The van der Waals surface area contributed by atoms with E-state index in [0.717, 1.165) is 0 Å². The van der Waals surface area contributed by atoms with Gasteiger partial charge in [-0.15, -0.1) is 12.4 Å². The molecule has 0 bridgehead atoms. The molecule has 7 nitrogen and oxygen atoms in total. The summed E-state index contributed by atoms with van der Waals surface area (Å²) in [7, 11) is -1.99. The van der Waals surface area contributed by atoms with E-state index in [-0.39, 0.29) is 23.3 Å². The molecule has 1 aliphatic rings. The highest BCUT2D eigenvalue weighted by Gasteiger charge is 2.32. The first-order chi connectivity index (χ1) is 10.5. The third-order valence-electron chi connectivity index (χ3n) is 3.72. The predicted molar refractivity (Wildman–Crippen MR) is 88.7 cm³/mol. The number of hydrogen-bond donors (Lipinski definition) is 1. The lowest BCUT2D eigenvalue weighted by molar-refractivity contribution is 0.411. The van der Waals surface area contributed by atoms with E-state index >= 15 is 0 Å². The molecule has 1 fully saturated rings. The highest BCUT2D eigenvalue weighted by molar-refractivity contribution is 7.89. The van der Waals surface area contributed by atoms with Crippen LogP contribution in [-0.4, -0.2) is 48.7 Å². The first-order valence-corrected chi connectivity index (χ1v) is 8.40. The lowest BCUT2D eigenvalue weighted by atomic mass is 10.3. The van der Waals surface area contributed by atoms with E-state index in [1.807, 2.05) is 18.2 Å². The summed E-state index contributed by atoms with van der Waals surface area (Å²) in [5.41, 5.74) is 6.48. The first kappa shape index (κ1) is 17.7. The fraction of sp³-hybridized carbons (Fsp3) is 0.357. The maximum Gasteiger partial charge on any atom is 0.246 e. The number of hydrogen-bond acceptors (Lipinski definition) is 5. The summed E-state index contributed by atoms with van der Waals surface area (Å²) < 4.78 is 33.3. The molecule has 0 saturated carbocycles. The van der Waals surface area contributed by atoms with Crippen LogP contribution in [0, 0.1) is 0 Å². The molecular weight excluding hydrogens is 340 g/mol. The van der Waals surface area contributed by atoms with Gasteiger partial charge in [-0.25, -0.2) is 13.1 Å². The Kier molecular flexibility index (Phi) is 5.30. The van der Waals surface area contributed by atoms with Crippen molar-refractivity contribution in [2.75, 3.05) is 20.2 Å². The second kappa shape index (κ2) is 6.88. The van der Waals surface area contributed by atoms with Crippen molar-refractivity contribution < 1.29 is 13.2 Å². The van der Waals surface area contributed by atoms with Crippen molar-refractivity contribution in [2.24, 2.45) is 5.73 Å². The Bertz CT molecular complexity index is 778. The summed E-state index contributed by atoms with van der Waals surface area (Å²) in [6.07, 6.45) is 3.53. The Morgan fingerprint density at radius 2 is 2.09 bits per heavy atom. The van der Waals surface area contributed by atoms with Gasteiger partial charge in [-0.3, -0.25) is 0 Å². The second-order valence-electron chi connectivity index (χ2n) is 5.20. The van der Waals surface area contributed by atoms with Gasteiger partial charge in [-0.05, 0) is 18.6 Å². The SMILES string of the molecule is COc1ccccc1-n1cc(S(=O)(=O)N2CC[C@@H](N)C2)cn1.Cl. The monoisotopic (exact) mass is 358 g/mol. The smallest absolute Gasteiger partial charge is 0.246 e. The van der Waals surface area contributed by atoms with Gasteiger partial charge in [0.2, 0.25) is 10.0 Å². The van der Waals surface area contributed by atoms with E-state index in [4.69, 9.17) is 10.5 Å². The topological polar surface area (TPSA) is 90.5 Å². The molecule has 9 heteroatoms. The Hall–Kier alpha value is -1.61. The van der Waals surface area contributed by atoms with E-state index in [2.05, 4.69) is 5.10 Å². The molecule has 1 aromatic carbocycles. The largest absolute Gasteiger partial charge is 0.494 e. The molecule has 2 aromatic rings. The number of sulfonamides is 1. The molecule has 0 aliphatic carbocycles. The number of aromatic nitrogens is 2. The van der Waals surface area contributed by atoms with Crippen LogP contribution >= 0.6 is 12.4 Å². The van der Waals surface area contributed by atoms with Crippen molar-refractivity contribution in [3.05, 3.63) is 36.7 Å². The molecule has 2 N–H and O–H groups in total. The van der Waals surface area contributed by atoms with E-state index in [1.165, 1.54) is 21.4 Å². The molecule has 0 amide bonds. The Balaban J connectivity index is 0.00000192. The molecule has 0 radical (unpaired) electrons. The normalized spacial score (nSPS) is 18.6. The summed E-state index contributed by atoms with van der Waals surface area (Å²) in [6.45, 7) is 0.797. The molecule has 0 unspecified atom stereocenters. The fourth-order valence-electron chi connectivity index (χ4n) is 2.51. The van der Waals surface area contributed by atoms with Crippen LogP contribution in [0.15, 0.2) is 41.6 Å². The molecule has 1 aromatic heterocycles. The number of nitrogens with two attached hydrogens (primary N) is 1. The molecule has 0 spiro atoms. The lowest BCUT2D eigenvalue weighted by Gasteiger charge is -2.14. The van der Waals surface area contributed by atoms with Gasteiger partial charge >= 0.3 is 0 Å². The molecule has 1 atom stereocenters. The van der Waals surface area contributed by atoms with Crippen molar-refractivity contribution in [1.29, 1.82) is 0 Å². The van der Waals surface area contributed by atoms with Crippen LogP contribution in [0.25, 0.3) is 5.69 Å². The summed E-state index contributed by atoms with van der Waals surface area (Å²) in [5.74, 6) is 0.623. The molecule has 23 heavy (non-hydrogen) atoms. The number of nitrogens with zero attached hydrogens (tertiary/aromatic N) is 3. The summed E-state index contributed by atoms with van der Waals surface area (Å²) >= 11 is 0. The number of ether oxygens (including phenoxy) is 1. The zero-order valence-electron chi connectivity index (χ0n) is 12.6. The van der Waals surface area contributed by atoms with Gasteiger partial charge in [0.05, 0.1) is 19.5 Å². The van der Waals surface area contributed by atoms with E-state index in [0.29, 0.717) is 30.9 Å². The minimum atomic E-state index is -3.55. The minimum Gasteiger partial charge on any atom is -0.494 e. The second-order valence-corrected chi connectivity index (χ2v) is 7.14. The molecule has 2 heterocycles. The maximum absolute atomic E-state index is 12.6. The van der Waals surface area contributed by atoms with Crippen molar-refractivity contribution >= 4 is 22.4 Å². The van der Waals surface area contributed by atoms with Crippen LogP contribution in [0.5, 0.6) is 5.75 Å². The van der Waals surface area contributed by atoms with Crippen molar-refractivity contribution in [1.82, 2.24) is 14.1 Å². The summed E-state index contributed by atoms with van der Waals surface area (Å²) in [5, 5.41) is 4.15. The predicted octanol–water partition coefficient (Wildman–Crippen LogP) is 1.02. The maximum atomic E-state index is 12.6. The number of benzene rings is 1. The van der Waals surface area contributed by atoms with Crippen molar-refractivity contribution in [3.8, 4) is 11.4 Å². The molecule has 1 saturated heterocycles.